The summed E-state index contributed by atoms with van der Waals surface area (Å²) in [4.78, 5) is 0. The van der Waals surface area contributed by atoms with Gasteiger partial charge in [0.1, 0.15) is 6.23 Å². The average molecular weight is 201 g/mol. The molecular weight excluding hydrogens is 182 g/mol. The van der Waals surface area contributed by atoms with Crippen LogP contribution in [0.2, 0.25) is 0 Å². The Balaban J connectivity index is 1.87. The Kier molecular flexibility index (Phi) is 2.86. The Hall–Kier alpha value is 0.270. The van der Waals surface area contributed by atoms with Crippen LogP contribution >= 0.6 is 11.8 Å². The molecule has 76 valence electrons. The van der Waals surface area contributed by atoms with Crippen LogP contribution in [0.25, 0.3) is 0 Å². The Morgan fingerprint density at radius 1 is 1.31 bits per heavy atom. The number of rotatable bonds is 1. The molecule has 0 saturated carbocycles. The van der Waals surface area contributed by atoms with Gasteiger partial charge in [-0.15, -0.1) is 0 Å². The molecule has 0 aromatic heterocycles. The molecule has 2 saturated heterocycles. The van der Waals surface area contributed by atoms with Crippen molar-refractivity contribution in [2.45, 2.75) is 38.5 Å². The molecule has 2 aliphatic rings. The number of ether oxygens (including phenoxy) is 1. The molecule has 0 amide bonds. The normalized spacial score (nSPS) is 35.1. The van der Waals surface area contributed by atoms with Crippen molar-refractivity contribution in [1.82, 2.24) is 5.32 Å². The van der Waals surface area contributed by atoms with Crippen molar-refractivity contribution in [2.24, 2.45) is 5.92 Å². The molecule has 0 spiro atoms. The summed E-state index contributed by atoms with van der Waals surface area (Å²) in [5.41, 5.74) is 0.190. The topological polar surface area (TPSA) is 21.3 Å². The van der Waals surface area contributed by atoms with Crippen LogP contribution in [0.5, 0.6) is 0 Å². The van der Waals surface area contributed by atoms with Crippen LogP contribution in [-0.2, 0) is 4.74 Å². The van der Waals surface area contributed by atoms with E-state index < -0.39 is 0 Å². The predicted molar refractivity (Wildman–Crippen MR) is 57.0 cm³/mol. The SMILES string of the molecule is CC1(C)COC(C2CCSCC2)N1. The fourth-order valence-electron chi connectivity index (χ4n) is 2.04. The highest BCUT2D eigenvalue weighted by molar-refractivity contribution is 7.99. The quantitative estimate of drug-likeness (QED) is 0.699. The Morgan fingerprint density at radius 2 is 2.00 bits per heavy atom. The smallest absolute Gasteiger partial charge is 0.111 e. The summed E-state index contributed by atoms with van der Waals surface area (Å²) >= 11 is 2.07. The second kappa shape index (κ2) is 3.79. The minimum Gasteiger partial charge on any atom is -0.361 e. The van der Waals surface area contributed by atoms with E-state index in [1.807, 2.05) is 0 Å². The molecule has 3 heteroatoms. The van der Waals surface area contributed by atoms with E-state index in [0.717, 1.165) is 12.5 Å². The molecule has 1 atom stereocenters. The lowest BCUT2D eigenvalue weighted by Gasteiger charge is -2.27. The molecule has 2 aliphatic heterocycles. The third kappa shape index (κ3) is 2.39. The highest BCUT2D eigenvalue weighted by Gasteiger charge is 2.35. The van der Waals surface area contributed by atoms with E-state index in [4.69, 9.17) is 4.74 Å². The molecule has 0 aromatic carbocycles. The van der Waals surface area contributed by atoms with E-state index in [-0.39, 0.29) is 5.54 Å². The van der Waals surface area contributed by atoms with Crippen LogP contribution < -0.4 is 5.32 Å². The molecule has 2 nitrogen and oxygen atoms in total. The second-order valence-corrected chi connectivity index (χ2v) is 5.93. The van der Waals surface area contributed by atoms with Crippen molar-refractivity contribution < 1.29 is 4.74 Å². The summed E-state index contributed by atoms with van der Waals surface area (Å²) in [6, 6.07) is 0. The van der Waals surface area contributed by atoms with Gasteiger partial charge in [-0.05, 0) is 38.2 Å². The maximum Gasteiger partial charge on any atom is 0.111 e. The lowest BCUT2D eigenvalue weighted by Crippen LogP contribution is -2.42. The van der Waals surface area contributed by atoms with Crippen LogP contribution in [0, 0.1) is 5.92 Å². The largest absolute Gasteiger partial charge is 0.361 e. The Morgan fingerprint density at radius 3 is 2.54 bits per heavy atom. The minimum absolute atomic E-state index is 0.190. The van der Waals surface area contributed by atoms with Gasteiger partial charge < -0.3 is 4.74 Å². The highest BCUT2D eigenvalue weighted by atomic mass is 32.2. The lowest BCUT2D eigenvalue weighted by molar-refractivity contribution is 0.0478. The van der Waals surface area contributed by atoms with Gasteiger partial charge in [-0.25, -0.2) is 0 Å². The first-order chi connectivity index (χ1) is 6.17. The molecule has 2 fully saturated rings. The van der Waals surface area contributed by atoms with Crippen molar-refractivity contribution >= 4 is 11.8 Å². The van der Waals surface area contributed by atoms with Gasteiger partial charge in [0.05, 0.1) is 6.61 Å². The molecule has 0 bridgehead atoms. The summed E-state index contributed by atoms with van der Waals surface area (Å²) in [5, 5.41) is 3.57. The third-order valence-corrected chi connectivity index (χ3v) is 3.90. The average Bonchev–Trinajstić information content (AvgIpc) is 2.48. The molecule has 1 unspecified atom stereocenters. The first-order valence-corrected chi connectivity index (χ1v) is 6.30. The zero-order valence-corrected chi connectivity index (χ0v) is 9.32. The fourth-order valence-corrected chi connectivity index (χ4v) is 3.18. The molecule has 0 aliphatic carbocycles. The molecule has 1 N–H and O–H groups in total. The summed E-state index contributed by atoms with van der Waals surface area (Å²) < 4.78 is 5.79. The van der Waals surface area contributed by atoms with E-state index in [9.17, 15) is 0 Å². The highest BCUT2D eigenvalue weighted by Crippen LogP contribution is 2.29. The fraction of sp³-hybridized carbons (Fsp3) is 1.00. The van der Waals surface area contributed by atoms with Crippen LogP contribution in [-0.4, -0.2) is 29.9 Å². The third-order valence-electron chi connectivity index (χ3n) is 2.85. The maximum atomic E-state index is 5.79. The van der Waals surface area contributed by atoms with Crippen LogP contribution in [0.1, 0.15) is 26.7 Å². The molecule has 13 heavy (non-hydrogen) atoms. The van der Waals surface area contributed by atoms with Gasteiger partial charge in [-0.3, -0.25) is 5.32 Å². The van der Waals surface area contributed by atoms with Crippen molar-refractivity contribution in [3.05, 3.63) is 0 Å². The molecule has 2 rings (SSSR count). The number of hydrogen-bond donors (Lipinski definition) is 1. The van der Waals surface area contributed by atoms with E-state index >= 15 is 0 Å². The van der Waals surface area contributed by atoms with Gasteiger partial charge in [0.2, 0.25) is 0 Å². The van der Waals surface area contributed by atoms with Crippen LogP contribution in [0.15, 0.2) is 0 Å². The summed E-state index contributed by atoms with van der Waals surface area (Å²) in [6.45, 7) is 5.29. The molecule has 0 aromatic rings. The number of nitrogens with one attached hydrogen (secondary N) is 1. The van der Waals surface area contributed by atoms with E-state index in [1.54, 1.807) is 0 Å². The van der Waals surface area contributed by atoms with Crippen LogP contribution in [0.3, 0.4) is 0 Å². The van der Waals surface area contributed by atoms with Crippen molar-refractivity contribution in [3.8, 4) is 0 Å². The van der Waals surface area contributed by atoms with Gasteiger partial charge in [0.15, 0.2) is 0 Å². The zero-order valence-electron chi connectivity index (χ0n) is 8.51. The lowest BCUT2D eigenvalue weighted by atomic mass is 10.00. The van der Waals surface area contributed by atoms with Crippen molar-refractivity contribution in [1.29, 1.82) is 0 Å². The predicted octanol–water partition coefficient (Wildman–Crippen LogP) is 1.85. The van der Waals surface area contributed by atoms with Gasteiger partial charge >= 0.3 is 0 Å². The standard InChI is InChI=1S/C10H19NOS/c1-10(2)7-12-9(11-10)8-3-5-13-6-4-8/h8-9,11H,3-7H2,1-2H3. The van der Waals surface area contributed by atoms with E-state index in [2.05, 4.69) is 30.9 Å². The Labute approximate surface area is 84.8 Å². The van der Waals surface area contributed by atoms with E-state index in [0.29, 0.717) is 6.23 Å². The molecule has 0 radical (unpaired) electrons. The molecule has 2 heterocycles. The maximum absolute atomic E-state index is 5.79. The van der Waals surface area contributed by atoms with Crippen LogP contribution in [0.4, 0.5) is 0 Å². The second-order valence-electron chi connectivity index (χ2n) is 4.71. The number of thioether (sulfide) groups is 1. The Bertz CT molecular complexity index is 178. The first-order valence-electron chi connectivity index (χ1n) is 5.14. The van der Waals surface area contributed by atoms with Gasteiger partial charge in [0, 0.05) is 11.5 Å². The van der Waals surface area contributed by atoms with E-state index in [1.165, 1.54) is 24.3 Å². The monoisotopic (exact) mass is 201 g/mol. The van der Waals surface area contributed by atoms with Gasteiger partial charge in [-0.1, -0.05) is 0 Å². The van der Waals surface area contributed by atoms with Crippen molar-refractivity contribution in [3.63, 3.8) is 0 Å². The summed E-state index contributed by atoms with van der Waals surface area (Å²) in [6.07, 6.45) is 2.97. The minimum atomic E-state index is 0.190. The molecular formula is C10H19NOS. The number of hydrogen-bond acceptors (Lipinski definition) is 3. The zero-order chi connectivity index (χ0) is 9.31. The first kappa shape index (κ1) is 9.81. The summed E-state index contributed by atoms with van der Waals surface area (Å²) in [5.74, 6) is 3.38. The van der Waals surface area contributed by atoms with Crippen molar-refractivity contribution in [2.75, 3.05) is 18.1 Å². The summed E-state index contributed by atoms with van der Waals surface area (Å²) in [7, 11) is 0. The van der Waals surface area contributed by atoms with Gasteiger partial charge in [-0.2, -0.15) is 11.8 Å². The van der Waals surface area contributed by atoms with Gasteiger partial charge in [0.25, 0.3) is 0 Å².